The molecule has 8 heteroatoms. The summed E-state index contributed by atoms with van der Waals surface area (Å²) < 4.78 is 2.03. The van der Waals surface area contributed by atoms with Crippen LogP contribution in [0, 0.1) is 13.8 Å². The van der Waals surface area contributed by atoms with Crippen LogP contribution in [0.25, 0.3) is 5.82 Å². The number of rotatable bonds is 1. The van der Waals surface area contributed by atoms with Gasteiger partial charge in [0.1, 0.15) is 5.82 Å². The van der Waals surface area contributed by atoms with Crippen molar-refractivity contribution in [3.63, 3.8) is 0 Å². The average Bonchev–Trinajstić information content (AvgIpc) is 2.83. The van der Waals surface area contributed by atoms with Crippen molar-refractivity contribution in [2.45, 2.75) is 13.8 Å². The zero-order chi connectivity index (χ0) is 16.1. The van der Waals surface area contributed by atoms with E-state index in [2.05, 4.69) is 20.4 Å². The number of nitrogens with zero attached hydrogens (tertiary/aromatic N) is 5. The summed E-state index contributed by atoms with van der Waals surface area (Å²) in [6.45, 7) is 4.06. The van der Waals surface area contributed by atoms with Crippen LogP contribution in [0.1, 0.15) is 11.4 Å². The third-order valence-corrected chi connectivity index (χ3v) is 3.17. The minimum atomic E-state index is 0.360. The standard InChI is InChI=1S/C10H10ClN3.C4H4ClN3/c1-7-3-4-8(2)14(7)10-6-5-9(11)12-13-10;5-3-1-2-4(6)8-7-3/h3-6H,1-2H3;1-2H,(H2,6,8). The smallest absolute Gasteiger partial charge is 0.159 e. The van der Waals surface area contributed by atoms with E-state index in [-0.39, 0.29) is 0 Å². The van der Waals surface area contributed by atoms with Gasteiger partial charge in [-0.2, -0.15) is 0 Å². The maximum absolute atomic E-state index is 5.67. The van der Waals surface area contributed by atoms with Crippen LogP contribution in [-0.2, 0) is 0 Å². The lowest BCUT2D eigenvalue weighted by Gasteiger charge is -2.06. The van der Waals surface area contributed by atoms with Gasteiger partial charge < -0.3 is 10.3 Å². The first-order valence-corrected chi connectivity index (χ1v) is 7.12. The van der Waals surface area contributed by atoms with Gasteiger partial charge in [-0.3, -0.25) is 0 Å². The van der Waals surface area contributed by atoms with Crippen LogP contribution in [0.5, 0.6) is 0 Å². The summed E-state index contributed by atoms with van der Waals surface area (Å²) >= 11 is 11.1. The molecule has 0 saturated heterocycles. The number of anilines is 1. The van der Waals surface area contributed by atoms with Crippen molar-refractivity contribution in [3.05, 3.63) is 58.1 Å². The van der Waals surface area contributed by atoms with E-state index >= 15 is 0 Å². The molecule has 3 heterocycles. The van der Waals surface area contributed by atoms with Crippen molar-refractivity contribution in [3.8, 4) is 5.82 Å². The summed E-state index contributed by atoms with van der Waals surface area (Å²) in [5.41, 5.74) is 7.47. The Morgan fingerprint density at radius 1 is 0.773 bits per heavy atom. The van der Waals surface area contributed by atoms with Crippen molar-refractivity contribution in [1.29, 1.82) is 0 Å². The Kier molecular flexibility index (Phi) is 5.30. The SMILES string of the molecule is Cc1ccc(C)n1-c1ccc(Cl)nn1.Nc1ccc(Cl)nn1. The molecule has 3 aromatic rings. The normalized spacial score (nSPS) is 10.0. The van der Waals surface area contributed by atoms with Crippen LogP contribution in [-0.4, -0.2) is 25.0 Å². The van der Waals surface area contributed by atoms with E-state index in [0.717, 1.165) is 17.2 Å². The van der Waals surface area contributed by atoms with E-state index in [9.17, 15) is 0 Å². The Hall–Kier alpha value is -2.18. The molecule has 0 aliphatic heterocycles. The highest BCUT2D eigenvalue weighted by molar-refractivity contribution is 6.29. The Bertz CT molecular complexity index is 697. The summed E-state index contributed by atoms with van der Waals surface area (Å²) in [5.74, 6) is 1.18. The van der Waals surface area contributed by atoms with Gasteiger partial charge in [-0.05, 0) is 50.2 Å². The van der Waals surface area contributed by atoms with E-state index in [1.54, 1.807) is 18.2 Å². The third-order valence-electron chi connectivity index (χ3n) is 2.77. The molecule has 0 amide bonds. The van der Waals surface area contributed by atoms with Crippen molar-refractivity contribution in [2.75, 3.05) is 5.73 Å². The summed E-state index contributed by atoms with van der Waals surface area (Å²) in [4.78, 5) is 0. The molecule has 3 rings (SSSR count). The molecule has 0 aliphatic rings. The largest absolute Gasteiger partial charge is 0.382 e. The Balaban J connectivity index is 0.000000188. The number of hydrogen-bond acceptors (Lipinski definition) is 5. The molecular formula is C14H14Cl2N6. The van der Waals surface area contributed by atoms with Gasteiger partial charge in [-0.25, -0.2) is 0 Å². The second kappa shape index (κ2) is 7.20. The van der Waals surface area contributed by atoms with E-state index in [0.29, 0.717) is 16.1 Å². The van der Waals surface area contributed by atoms with Crippen molar-refractivity contribution < 1.29 is 0 Å². The maximum Gasteiger partial charge on any atom is 0.159 e. The maximum atomic E-state index is 5.67. The quantitative estimate of drug-likeness (QED) is 0.737. The first kappa shape index (κ1) is 16.2. The van der Waals surface area contributed by atoms with Crippen molar-refractivity contribution >= 4 is 29.0 Å². The van der Waals surface area contributed by atoms with Gasteiger partial charge in [0.15, 0.2) is 16.1 Å². The predicted octanol–water partition coefficient (Wildman–Crippen LogP) is 3.25. The van der Waals surface area contributed by atoms with Gasteiger partial charge in [0.25, 0.3) is 0 Å². The zero-order valence-electron chi connectivity index (χ0n) is 12.0. The Morgan fingerprint density at radius 3 is 1.73 bits per heavy atom. The van der Waals surface area contributed by atoms with Gasteiger partial charge in [0, 0.05) is 11.4 Å². The highest BCUT2D eigenvalue weighted by atomic mass is 35.5. The minimum absolute atomic E-state index is 0.360. The summed E-state index contributed by atoms with van der Waals surface area (Å²) in [6.07, 6.45) is 0. The molecule has 0 aromatic carbocycles. The molecule has 0 spiro atoms. The predicted molar refractivity (Wildman–Crippen MR) is 87.3 cm³/mol. The molecule has 114 valence electrons. The monoisotopic (exact) mass is 336 g/mol. The number of nitrogen functional groups attached to an aromatic ring is 1. The highest BCUT2D eigenvalue weighted by Crippen LogP contribution is 2.14. The number of aromatic nitrogens is 5. The fraction of sp³-hybridized carbons (Fsp3) is 0.143. The van der Waals surface area contributed by atoms with E-state index in [1.807, 2.05) is 36.6 Å². The molecule has 6 nitrogen and oxygen atoms in total. The molecule has 2 N–H and O–H groups in total. The van der Waals surface area contributed by atoms with Crippen LogP contribution in [0.4, 0.5) is 5.82 Å². The second-order valence-electron chi connectivity index (χ2n) is 4.45. The molecule has 0 aliphatic carbocycles. The van der Waals surface area contributed by atoms with Gasteiger partial charge in [-0.1, -0.05) is 23.2 Å². The van der Waals surface area contributed by atoms with Gasteiger partial charge in [-0.15, -0.1) is 20.4 Å². The summed E-state index contributed by atoms with van der Waals surface area (Å²) in [7, 11) is 0. The first-order valence-electron chi connectivity index (χ1n) is 6.36. The lowest BCUT2D eigenvalue weighted by molar-refractivity contribution is 0.871. The molecule has 0 radical (unpaired) electrons. The van der Waals surface area contributed by atoms with Crippen LogP contribution >= 0.6 is 23.2 Å². The number of aryl methyl sites for hydroxylation is 2. The molecule has 22 heavy (non-hydrogen) atoms. The second-order valence-corrected chi connectivity index (χ2v) is 5.22. The Labute approximate surface area is 137 Å². The highest BCUT2D eigenvalue weighted by Gasteiger charge is 2.04. The van der Waals surface area contributed by atoms with Crippen molar-refractivity contribution in [2.24, 2.45) is 0 Å². The molecule has 0 bridgehead atoms. The third kappa shape index (κ3) is 4.16. The number of nitrogens with two attached hydrogens (primary N) is 1. The van der Waals surface area contributed by atoms with Gasteiger partial charge in [0.2, 0.25) is 0 Å². The molecule has 3 aromatic heterocycles. The minimum Gasteiger partial charge on any atom is -0.382 e. The topological polar surface area (TPSA) is 82.5 Å². The zero-order valence-corrected chi connectivity index (χ0v) is 13.5. The molecule has 0 unspecified atom stereocenters. The van der Waals surface area contributed by atoms with Gasteiger partial charge >= 0.3 is 0 Å². The van der Waals surface area contributed by atoms with E-state index in [1.165, 1.54) is 0 Å². The van der Waals surface area contributed by atoms with Crippen LogP contribution < -0.4 is 5.73 Å². The molecule has 0 fully saturated rings. The van der Waals surface area contributed by atoms with Gasteiger partial charge in [0.05, 0.1) is 0 Å². The fourth-order valence-corrected chi connectivity index (χ4v) is 1.99. The molecular weight excluding hydrogens is 323 g/mol. The molecule has 0 saturated carbocycles. The van der Waals surface area contributed by atoms with Crippen LogP contribution in [0.15, 0.2) is 36.4 Å². The molecule has 0 atom stereocenters. The lowest BCUT2D eigenvalue weighted by atomic mass is 10.4. The van der Waals surface area contributed by atoms with Crippen LogP contribution in [0.2, 0.25) is 10.3 Å². The van der Waals surface area contributed by atoms with Crippen LogP contribution in [0.3, 0.4) is 0 Å². The summed E-state index contributed by atoms with van der Waals surface area (Å²) in [6, 6.07) is 10.9. The summed E-state index contributed by atoms with van der Waals surface area (Å²) in [5, 5.41) is 15.6. The average molecular weight is 337 g/mol. The Morgan fingerprint density at radius 2 is 1.32 bits per heavy atom. The number of halogens is 2. The lowest BCUT2D eigenvalue weighted by Crippen LogP contribution is -2.02. The van der Waals surface area contributed by atoms with E-state index in [4.69, 9.17) is 28.9 Å². The van der Waals surface area contributed by atoms with E-state index < -0.39 is 0 Å². The first-order chi connectivity index (χ1) is 10.5. The van der Waals surface area contributed by atoms with Crippen molar-refractivity contribution in [1.82, 2.24) is 25.0 Å². The fourth-order valence-electron chi connectivity index (χ4n) is 1.78. The number of hydrogen-bond donors (Lipinski definition) is 1.